The predicted molar refractivity (Wildman–Crippen MR) is 119 cm³/mol. The number of aromatic amines is 1. The van der Waals surface area contributed by atoms with Gasteiger partial charge in [-0.1, -0.05) is 18.2 Å². The van der Waals surface area contributed by atoms with Crippen molar-refractivity contribution in [1.82, 2.24) is 10.2 Å². The molecule has 0 spiro atoms. The molecule has 156 valence electrons. The van der Waals surface area contributed by atoms with Gasteiger partial charge in [0.15, 0.2) is 16.2 Å². The molecule has 31 heavy (non-hydrogen) atoms. The fourth-order valence-electron chi connectivity index (χ4n) is 2.95. The fraction of sp³-hybridized carbons (Fsp3) is 0.0455. The summed E-state index contributed by atoms with van der Waals surface area (Å²) in [6, 6.07) is 19.0. The molecule has 0 saturated heterocycles. The summed E-state index contributed by atoms with van der Waals surface area (Å²) in [5.41, 5.74) is 2.35. The van der Waals surface area contributed by atoms with Crippen LogP contribution in [0.1, 0.15) is 20.9 Å². The molecule has 0 aliphatic carbocycles. The van der Waals surface area contributed by atoms with E-state index in [9.17, 15) is 9.59 Å². The van der Waals surface area contributed by atoms with Crippen molar-refractivity contribution in [2.24, 2.45) is 0 Å². The van der Waals surface area contributed by atoms with E-state index in [1.165, 1.54) is 0 Å². The average molecular weight is 481 g/mol. The second-order valence-corrected chi connectivity index (χ2v) is 7.24. The molecule has 3 N–H and O–H groups in total. The zero-order valence-corrected chi connectivity index (χ0v) is 17.9. The summed E-state index contributed by atoms with van der Waals surface area (Å²) in [6.45, 7) is 0. The van der Waals surface area contributed by atoms with Crippen molar-refractivity contribution >= 4 is 39.2 Å². The van der Waals surface area contributed by atoms with Crippen LogP contribution in [0.5, 0.6) is 5.75 Å². The summed E-state index contributed by atoms with van der Waals surface area (Å²) < 4.78 is 11.0. The number of para-hydroxylation sites is 1. The second kappa shape index (κ2) is 8.88. The van der Waals surface area contributed by atoms with Gasteiger partial charge in [0.25, 0.3) is 11.8 Å². The van der Waals surface area contributed by atoms with Crippen LogP contribution in [-0.4, -0.2) is 29.1 Å². The van der Waals surface area contributed by atoms with Gasteiger partial charge in [0.05, 0.1) is 12.8 Å². The number of amides is 2. The topological polar surface area (TPSA) is 109 Å². The van der Waals surface area contributed by atoms with Crippen LogP contribution < -0.4 is 15.4 Å². The molecule has 4 rings (SSSR count). The van der Waals surface area contributed by atoms with Gasteiger partial charge in [0, 0.05) is 22.9 Å². The largest absolute Gasteiger partial charge is 0.496 e. The van der Waals surface area contributed by atoms with Gasteiger partial charge in [0.1, 0.15) is 5.75 Å². The van der Waals surface area contributed by atoms with E-state index in [0.717, 1.165) is 5.56 Å². The van der Waals surface area contributed by atoms with Gasteiger partial charge in [0.2, 0.25) is 0 Å². The van der Waals surface area contributed by atoms with Crippen LogP contribution in [-0.2, 0) is 0 Å². The van der Waals surface area contributed by atoms with E-state index in [4.69, 9.17) is 9.15 Å². The van der Waals surface area contributed by atoms with Crippen molar-refractivity contribution in [1.29, 1.82) is 0 Å². The van der Waals surface area contributed by atoms with Crippen molar-refractivity contribution in [2.45, 2.75) is 0 Å². The Labute approximate surface area is 185 Å². The molecule has 8 nitrogen and oxygen atoms in total. The number of furan rings is 1. The van der Waals surface area contributed by atoms with Gasteiger partial charge in [-0.3, -0.25) is 14.7 Å². The van der Waals surface area contributed by atoms with E-state index >= 15 is 0 Å². The molecule has 0 unspecified atom stereocenters. The molecule has 0 bridgehead atoms. The Hall–Kier alpha value is -3.85. The van der Waals surface area contributed by atoms with Gasteiger partial charge in [-0.2, -0.15) is 5.10 Å². The first kappa shape index (κ1) is 20.4. The third-order valence-corrected chi connectivity index (χ3v) is 4.82. The first-order valence-corrected chi connectivity index (χ1v) is 9.99. The first-order valence-electron chi connectivity index (χ1n) is 9.20. The van der Waals surface area contributed by atoms with Crippen LogP contribution in [0, 0.1) is 0 Å². The van der Waals surface area contributed by atoms with Crippen molar-refractivity contribution in [3.05, 3.63) is 82.7 Å². The highest BCUT2D eigenvalue weighted by Gasteiger charge is 2.14. The van der Waals surface area contributed by atoms with Crippen molar-refractivity contribution in [3.63, 3.8) is 0 Å². The maximum atomic E-state index is 12.7. The van der Waals surface area contributed by atoms with Crippen LogP contribution in [0.15, 0.2) is 75.8 Å². The summed E-state index contributed by atoms with van der Waals surface area (Å²) in [5, 5.41) is 12.5. The van der Waals surface area contributed by atoms with Gasteiger partial charge in [-0.25, -0.2) is 0 Å². The number of methoxy groups -OCH3 is 1. The number of H-pyrrole nitrogens is 1. The van der Waals surface area contributed by atoms with Crippen LogP contribution in [0.4, 0.5) is 11.5 Å². The Morgan fingerprint density at radius 2 is 1.84 bits per heavy atom. The van der Waals surface area contributed by atoms with Gasteiger partial charge >= 0.3 is 0 Å². The molecule has 0 fully saturated rings. The molecule has 9 heteroatoms. The Kier molecular flexibility index (Phi) is 5.85. The smallest absolute Gasteiger partial charge is 0.291 e. The molecule has 4 aromatic rings. The molecule has 0 radical (unpaired) electrons. The number of rotatable bonds is 6. The number of anilines is 2. The Bertz CT molecular complexity index is 1250. The molecule has 0 atom stereocenters. The highest BCUT2D eigenvalue weighted by molar-refractivity contribution is 9.10. The minimum absolute atomic E-state index is 0.155. The van der Waals surface area contributed by atoms with E-state index < -0.39 is 5.91 Å². The van der Waals surface area contributed by atoms with E-state index in [2.05, 4.69) is 36.8 Å². The lowest BCUT2D eigenvalue weighted by Crippen LogP contribution is -2.14. The number of nitrogens with one attached hydrogen (secondary N) is 3. The van der Waals surface area contributed by atoms with E-state index in [-0.39, 0.29) is 11.7 Å². The molecule has 0 aliphatic rings. The summed E-state index contributed by atoms with van der Waals surface area (Å²) >= 11 is 3.16. The molecular formula is C22H17BrN4O4. The van der Waals surface area contributed by atoms with Crippen molar-refractivity contribution < 1.29 is 18.7 Å². The van der Waals surface area contributed by atoms with Crippen LogP contribution in [0.25, 0.3) is 11.3 Å². The van der Waals surface area contributed by atoms with Gasteiger partial charge in [-0.05, 0) is 58.4 Å². The lowest BCUT2D eigenvalue weighted by atomic mass is 10.1. The quantitative estimate of drug-likeness (QED) is 0.361. The lowest BCUT2D eigenvalue weighted by molar-refractivity contribution is 0.0992. The lowest BCUT2D eigenvalue weighted by Gasteiger charge is -2.06. The maximum Gasteiger partial charge on any atom is 0.291 e. The summed E-state index contributed by atoms with van der Waals surface area (Å²) in [6.07, 6.45) is 0. The number of hydrogen-bond acceptors (Lipinski definition) is 5. The normalized spacial score (nSPS) is 10.5. The highest BCUT2D eigenvalue weighted by Crippen LogP contribution is 2.29. The number of benzene rings is 2. The van der Waals surface area contributed by atoms with Crippen LogP contribution >= 0.6 is 15.9 Å². The average Bonchev–Trinajstić information content (AvgIpc) is 3.43. The second-order valence-electron chi connectivity index (χ2n) is 6.46. The number of ether oxygens (including phenoxy) is 1. The Morgan fingerprint density at radius 1 is 1.00 bits per heavy atom. The molecule has 0 aliphatic heterocycles. The third-order valence-electron chi connectivity index (χ3n) is 4.40. The van der Waals surface area contributed by atoms with Crippen molar-refractivity contribution in [2.75, 3.05) is 17.7 Å². The van der Waals surface area contributed by atoms with E-state index in [1.54, 1.807) is 49.6 Å². The SMILES string of the molecule is COc1ccccc1-c1cc(NC(=O)c2cccc(NC(=O)c3ccc(Br)o3)c2)n[nH]1. The number of halogens is 1. The molecule has 2 amide bonds. The molecular weight excluding hydrogens is 464 g/mol. The zero-order valence-electron chi connectivity index (χ0n) is 16.3. The summed E-state index contributed by atoms with van der Waals surface area (Å²) in [7, 11) is 1.59. The van der Waals surface area contributed by atoms with E-state index in [1.807, 2.05) is 24.3 Å². The molecule has 2 aromatic carbocycles. The predicted octanol–water partition coefficient (Wildman–Crippen LogP) is 4.95. The van der Waals surface area contributed by atoms with Crippen LogP contribution in [0.2, 0.25) is 0 Å². The maximum absolute atomic E-state index is 12.7. The monoisotopic (exact) mass is 480 g/mol. The fourth-order valence-corrected chi connectivity index (χ4v) is 3.25. The van der Waals surface area contributed by atoms with Gasteiger partial charge < -0.3 is 19.8 Å². The highest BCUT2D eigenvalue weighted by atomic mass is 79.9. The minimum Gasteiger partial charge on any atom is -0.496 e. The van der Waals surface area contributed by atoms with E-state index in [0.29, 0.717) is 33.2 Å². The Balaban J connectivity index is 1.46. The number of carbonyl (C=O) groups excluding carboxylic acids is 2. The number of aromatic nitrogens is 2. The number of nitrogens with zero attached hydrogens (tertiary/aromatic N) is 1. The number of carbonyl (C=O) groups is 2. The third kappa shape index (κ3) is 4.67. The van der Waals surface area contributed by atoms with Gasteiger partial charge in [-0.15, -0.1) is 0 Å². The molecule has 2 heterocycles. The molecule has 0 saturated carbocycles. The zero-order chi connectivity index (χ0) is 21.8. The summed E-state index contributed by atoms with van der Waals surface area (Å²) in [4.78, 5) is 24.9. The standard InChI is InChI=1S/C22H17BrN4O4/c1-30-17-8-3-2-7-15(17)16-12-20(27-26-16)25-21(28)13-5-4-6-14(11-13)24-22(29)18-9-10-19(23)31-18/h2-12H,1H3,(H,24,29)(H2,25,26,27,28). The molecule has 2 aromatic heterocycles. The van der Waals surface area contributed by atoms with Crippen LogP contribution in [0.3, 0.4) is 0 Å². The first-order chi connectivity index (χ1) is 15.0. The Morgan fingerprint density at radius 3 is 2.61 bits per heavy atom. The number of hydrogen-bond donors (Lipinski definition) is 3. The minimum atomic E-state index is -0.419. The van der Waals surface area contributed by atoms with Crippen molar-refractivity contribution in [3.8, 4) is 17.0 Å². The summed E-state index contributed by atoms with van der Waals surface area (Å²) in [5.74, 6) is 0.422.